The van der Waals surface area contributed by atoms with Gasteiger partial charge in [-0.25, -0.2) is 4.79 Å². The molecule has 2 aromatic carbocycles. The van der Waals surface area contributed by atoms with E-state index in [0.29, 0.717) is 29.4 Å². The average Bonchev–Trinajstić information content (AvgIpc) is 2.45. The van der Waals surface area contributed by atoms with Crippen LogP contribution in [0.1, 0.15) is 22.8 Å². The Balaban J connectivity index is 2.25. The van der Waals surface area contributed by atoms with Gasteiger partial charge in [0.2, 0.25) is 0 Å². The van der Waals surface area contributed by atoms with Crippen LogP contribution in [0.5, 0.6) is 11.5 Å². The van der Waals surface area contributed by atoms with Gasteiger partial charge in [-0.3, -0.25) is 0 Å². The summed E-state index contributed by atoms with van der Waals surface area (Å²) in [4.78, 5) is 11.6. The van der Waals surface area contributed by atoms with Crippen LogP contribution in [0.4, 0.5) is 5.69 Å². The Hall–Kier alpha value is -2.01. The number of carbonyl (C=O) groups excluding carboxylic acids is 1. The van der Waals surface area contributed by atoms with Crippen molar-refractivity contribution < 1.29 is 14.3 Å². The molecule has 0 aliphatic rings. The molecule has 0 bridgehead atoms. The predicted octanol–water partition coefficient (Wildman–Crippen LogP) is 4.31. The fraction of sp³-hybridized carbons (Fsp3) is 0.188. The highest BCUT2D eigenvalue weighted by Gasteiger charge is 2.11. The number of ether oxygens (including phenoxy) is 2. The highest BCUT2D eigenvalue weighted by atomic mass is 79.9. The quantitative estimate of drug-likeness (QED) is 0.659. The Kier molecular flexibility index (Phi) is 4.85. The van der Waals surface area contributed by atoms with Gasteiger partial charge in [-0.1, -0.05) is 22.0 Å². The minimum absolute atomic E-state index is 0.328. The Morgan fingerprint density at radius 1 is 1.19 bits per heavy atom. The van der Waals surface area contributed by atoms with Crippen molar-refractivity contribution in [2.75, 3.05) is 12.3 Å². The van der Waals surface area contributed by atoms with E-state index >= 15 is 0 Å². The third kappa shape index (κ3) is 3.76. The van der Waals surface area contributed by atoms with Crippen molar-refractivity contribution in [3.8, 4) is 11.5 Å². The fourth-order valence-electron chi connectivity index (χ4n) is 1.79. The number of rotatable bonds is 4. The van der Waals surface area contributed by atoms with E-state index in [0.717, 1.165) is 10.0 Å². The van der Waals surface area contributed by atoms with E-state index in [1.54, 1.807) is 25.1 Å². The summed E-state index contributed by atoms with van der Waals surface area (Å²) in [5.41, 5.74) is 7.74. The molecule has 0 unspecified atom stereocenters. The Morgan fingerprint density at radius 3 is 2.62 bits per heavy atom. The summed E-state index contributed by atoms with van der Waals surface area (Å²) in [6, 6.07) is 10.6. The molecule has 0 aliphatic carbocycles. The Bertz CT molecular complexity index is 671. The van der Waals surface area contributed by atoms with E-state index in [4.69, 9.17) is 15.2 Å². The van der Waals surface area contributed by atoms with Gasteiger partial charge in [0.1, 0.15) is 11.5 Å². The second-order valence-electron chi connectivity index (χ2n) is 4.48. The molecule has 0 saturated carbocycles. The second-order valence-corrected chi connectivity index (χ2v) is 5.40. The van der Waals surface area contributed by atoms with Crippen molar-refractivity contribution in [1.29, 1.82) is 0 Å². The van der Waals surface area contributed by atoms with E-state index < -0.39 is 5.97 Å². The molecule has 0 atom stereocenters. The lowest BCUT2D eigenvalue weighted by molar-refractivity contribution is 0.0526. The van der Waals surface area contributed by atoms with Gasteiger partial charge in [0.05, 0.1) is 17.9 Å². The van der Waals surface area contributed by atoms with Crippen LogP contribution >= 0.6 is 15.9 Å². The van der Waals surface area contributed by atoms with E-state index in [1.165, 1.54) is 0 Å². The van der Waals surface area contributed by atoms with Crippen LogP contribution in [0.15, 0.2) is 40.9 Å². The number of carbonyl (C=O) groups is 1. The molecule has 0 fully saturated rings. The summed E-state index contributed by atoms with van der Waals surface area (Å²) < 4.78 is 11.7. The van der Waals surface area contributed by atoms with Crippen LogP contribution in [0.3, 0.4) is 0 Å². The molecule has 5 heteroatoms. The van der Waals surface area contributed by atoms with Crippen LogP contribution in [-0.2, 0) is 4.74 Å². The molecule has 0 saturated heterocycles. The monoisotopic (exact) mass is 349 g/mol. The lowest BCUT2D eigenvalue weighted by atomic mass is 10.2. The number of hydrogen-bond acceptors (Lipinski definition) is 4. The third-order valence-electron chi connectivity index (χ3n) is 2.89. The predicted molar refractivity (Wildman–Crippen MR) is 85.8 cm³/mol. The molecule has 0 radical (unpaired) electrons. The van der Waals surface area contributed by atoms with Gasteiger partial charge in [0, 0.05) is 4.47 Å². The Labute approximate surface area is 132 Å². The molecule has 0 heterocycles. The fourth-order valence-corrected chi connectivity index (χ4v) is 2.13. The smallest absolute Gasteiger partial charge is 0.338 e. The zero-order valence-electron chi connectivity index (χ0n) is 11.9. The van der Waals surface area contributed by atoms with Crippen molar-refractivity contribution in [2.24, 2.45) is 0 Å². The number of anilines is 1. The molecule has 2 N–H and O–H groups in total. The van der Waals surface area contributed by atoms with Crippen molar-refractivity contribution in [3.63, 3.8) is 0 Å². The van der Waals surface area contributed by atoms with Crippen LogP contribution in [0.2, 0.25) is 0 Å². The maximum absolute atomic E-state index is 11.6. The molecular formula is C16H16BrNO3. The topological polar surface area (TPSA) is 61.5 Å². The number of halogens is 1. The van der Waals surface area contributed by atoms with Crippen molar-refractivity contribution in [1.82, 2.24) is 0 Å². The van der Waals surface area contributed by atoms with Gasteiger partial charge >= 0.3 is 5.97 Å². The molecule has 0 spiro atoms. The highest BCUT2D eigenvalue weighted by Crippen LogP contribution is 2.32. The SMILES string of the molecule is CCOC(=O)c1ccc(Oc2cc(Br)ccc2C)c(N)c1. The summed E-state index contributed by atoms with van der Waals surface area (Å²) in [6.45, 7) is 4.04. The van der Waals surface area contributed by atoms with Gasteiger partial charge in [0.15, 0.2) is 0 Å². The summed E-state index contributed by atoms with van der Waals surface area (Å²) in [7, 11) is 0. The largest absolute Gasteiger partial charge is 0.462 e. The maximum Gasteiger partial charge on any atom is 0.338 e. The normalized spacial score (nSPS) is 10.2. The first-order valence-corrected chi connectivity index (χ1v) is 7.31. The Morgan fingerprint density at radius 2 is 1.95 bits per heavy atom. The van der Waals surface area contributed by atoms with Gasteiger partial charge in [-0.2, -0.15) is 0 Å². The highest BCUT2D eigenvalue weighted by molar-refractivity contribution is 9.10. The maximum atomic E-state index is 11.6. The molecule has 0 amide bonds. The molecule has 0 aromatic heterocycles. The first-order chi connectivity index (χ1) is 10.0. The van der Waals surface area contributed by atoms with Crippen LogP contribution in [-0.4, -0.2) is 12.6 Å². The van der Waals surface area contributed by atoms with Gasteiger partial charge in [0.25, 0.3) is 0 Å². The standard InChI is InChI=1S/C16H16BrNO3/c1-3-20-16(19)11-5-7-14(13(18)8-11)21-15-9-12(17)6-4-10(15)2/h4-9H,3,18H2,1-2H3. The van der Waals surface area contributed by atoms with Crippen molar-refractivity contribution in [3.05, 3.63) is 52.0 Å². The average molecular weight is 350 g/mol. The minimum atomic E-state index is -0.394. The van der Waals surface area contributed by atoms with E-state index in [1.807, 2.05) is 25.1 Å². The molecular weight excluding hydrogens is 334 g/mol. The number of esters is 1. The van der Waals surface area contributed by atoms with Crippen molar-refractivity contribution >= 4 is 27.6 Å². The molecule has 110 valence electrons. The summed E-state index contributed by atoms with van der Waals surface area (Å²) in [5.74, 6) is 0.818. The zero-order chi connectivity index (χ0) is 15.4. The van der Waals surface area contributed by atoms with Crippen molar-refractivity contribution in [2.45, 2.75) is 13.8 Å². The van der Waals surface area contributed by atoms with E-state index in [2.05, 4.69) is 15.9 Å². The lowest BCUT2D eigenvalue weighted by Crippen LogP contribution is -2.05. The summed E-state index contributed by atoms with van der Waals surface area (Å²) in [5, 5.41) is 0. The minimum Gasteiger partial charge on any atom is -0.462 e. The van der Waals surface area contributed by atoms with Crippen LogP contribution in [0, 0.1) is 6.92 Å². The molecule has 0 aliphatic heterocycles. The first-order valence-electron chi connectivity index (χ1n) is 6.52. The number of nitrogen functional groups attached to an aromatic ring is 1. The molecule has 4 nitrogen and oxygen atoms in total. The molecule has 2 aromatic rings. The lowest BCUT2D eigenvalue weighted by Gasteiger charge is -2.12. The number of benzene rings is 2. The number of aryl methyl sites for hydroxylation is 1. The van der Waals surface area contributed by atoms with Crippen LogP contribution < -0.4 is 10.5 Å². The first kappa shape index (κ1) is 15.4. The van der Waals surface area contributed by atoms with E-state index in [-0.39, 0.29) is 0 Å². The van der Waals surface area contributed by atoms with Crippen LogP contribution in [0.25, 0.3) is 0 Å². The third-order valence-corrected chi connectivity index (χ3v) is 3.38. The van der Waals surface area contributed by atoms with Gasteiger partial charge in [-0.05, 0) is 49.7 Å². The van der Waals surface area contributed by atoms with Gasteiger partial charge in [-0.15, -0.1) is 0 Å². The number of hydrogen-bond donors (Lipinski definition) is 1. The number of nitrogens with two attached hydrogens (primary N) is 1. The van der Waals surface area contributed by atoms with Gasteiger partial charge < -0.3 is 15.2 Å². The summed E-state index contributed by atoms with van der Waals surface area (Å²) >= 11 is 3.40. The summed E-state index contributed by atoms with van der Waals surface area (Å²) in [6.07, 6.45) is 0. The van der Waals surface area contributed by atoms with E-state index in [9.17, 15) is 4.79 Å². The zero-order valence-corrected chi connectivity index (χ0v) is 13.4. The second kappa shape index (κ2) is 6.63. The molecule has 2 rings (SSSR count). The molecule has 21 heavy (non-hydrogen) atoms.